The number of hydrogen-bond donors (Lipinski definition) is 0. The van der Waals surface area contributed by atoms with E-state index >= 15 is 0 Å². The van der Waals surface area contributed by atoms with Gasteiger partial charge in [-0.2, -0.15) is 0 Å². The van der Waals surface area contributed by atoms with Gasteiger partial charge >= 0.3 is 5.97 Å². The van der Waals surface area contributed by atoms with Crippen LogP contribution >= 0.6 is 22.9 Å². The lowest BCUT2D eigenvalue weighted by molar-refractivity contribution is -0.122. The van der Waals surface area contributed by atoms with Crippen molar-refractivity contribution in [2.24, 2.45) is 11.8 Å². The van der Waals surface area contributed by atoms with Gasteiger partial charge in [-0.3, -0.25) is 9.59 Å². The zero-order chi connectivity index (χ0) is 18.3. The van der Waals surface area contributed by atoms with Crippen molar-refractivity contribution in [3.63, 3.8) is 0 Å². The first-order valence-electron chi connectivity index (χ1n) is 8.49. The summed E-state index contributed by atoms with van der Waals surface area (Å²) in [7, 11) is 0. The van der Waals surface area contributed by atoms with Gasteiger partial charge in [0.25, 0.3) is 0 Å². The van der Waals surface area contributed by atoms with Crippen molar-refractivity contribution in [1.29, 1.82) is 0 Å². The van der Waals surface area contributed by atoms with E-state index in [1.807, 2.05) is 0 Å². The zero-order valence-corrected chi connectivity index (χ0v) is 15.4. The fraction of sp³-hybridized carbons (Fsp3) is 0.316. The van der Waals surface area contributed by atoms with Crippen LogP contribution in [0.4, 0.5) is 5.69 Å². The van der Waals surface area contributed by atoms with E-state index in [9.17, 15) is 14.4 Å². The molecule has 0 bridgehead atoms. The highest BCUT2D eigenvalue weighted by Crippen LogP contribution is 2.43. The Hall–Kier alpha value is -2.18. The molecule has 2 atom stereocenters. The van der Waals surface area contributed by atoms with E-state index in [1.54, 1.807) is 23.6 Å². The molecule has 0 N–H and O–H groups in total. The van der Waals surface area contributed by atoms with E-state index in [4.69, 9.17) is 16.3 Å². The number of rotatable bonds is 3. The van der Waals surface area contributed by atoms with Crippen LogP contribution in [0.2, 0.25) is 5.02 Å². The van der Waals surface area contributed by atoms with Crippen molar-refractivity contribution in [2.75, 3.05) is 4.90 Å². The van der Waals surface area contributed by atoms with Crippen LogP contribution in [0.25, 0.3) is 0 Å². The Labute approximate surface area is 159 Å². The Kier molecular flexibility index (Phi) is 4.54. The molecular formula is C19H16ClNO4S. The molecule has 1 aromatic carbocycles. The number of benzene rings is 1. The number of fused-ring (bicyclic) bond motifs is 1. The first kappa shape index (κ1) is 17.2. The molecule has 1 saturated carbocycles. The molecule has 5 nitrogen and oxygen atoms in total. The smallest absolute Gasteiger partial charge is 0.353 e. The highest BCUT2D eigenvalue weighted by molar-refractivity contribution is 7.12. The number of imide groups is 1. The summed E-state index contributed by atoms with van der Waals surface area (Å²) in [6, 6.07) is 8.00. The van der Waals surface area contributed by atoms with Gasteiger partial charge in [0.05, 0.1) is 17.5 Å². The monoisotopic (exact) mass is 389 g/mol. The minimum atomic E-state index is -0.528. The van der Waals surface area contributed by atoms with Crippen LogP contribution in [0.15, 0.2) is 35.7 Å². The van der Waals surface area contributed by atoms with Gasteiger partial charge in [0.2, 0.25) is 11.8 Å². The molecule has 0 spiro atoms. The first-order chi connectivity index (χ1) is 12.6. The second-order valence-corrected chi connectivity index (χ2v) is 7.87. The summed E-state index contributed by atoms with van der Waals surface area (Å²) in [4.78, 5) is 39.6. The summed E-state index contributed by atoms with van der Waals surface area (Å²) < 4.78 is 5.47. The number of thiophene rings is 1. The standard InChI is InChI=1S/C19H16ClNO4S/c20-11-7-8-15(25-19(24)16-6-3-9-26-16)14(10-11)21-17(22)12-4-1-2-5-13(12)18(21)23/h3,6-10,12-13H,1-2,4-5H2/t12-,13-/m0/s1. The maximum Gasteiger partial charge on any atom is 0.353 e. The van der Waals surface area contributed by atoms with Crippen molar-refractivity contribution in [3.8, 4) is 5.75 Å². The van der Waals surface area contributed by atoms with Crippen LogP contribution in [0.1, 0.15) is 35.4 Å². The van der Waals surface area contributed by atoms with E-state index in [-0.39, 0.29) is 35.1 Å². The van der Waals surface area contributed by atoms with Crippen LogP contribution in [-0.2, 0) is 9.59 Å². The lowest BCUT2D eigenvalue weighted by Gasteiger charge is -2.19. The molecule has 26 heavy (non-hydrogen) atoms. The van der Waals surface area contributed by atoms with Crippen molar-refractivity contribution >= 4 is 46.4 Å². The molecule has 2 aromatic rings. The van der Waals surface area contributed by atoms with Gasteiger partial charge in [0, 0.05) is 5.02 Å². The van der Waals surface area contributed by atoms with Crippen molar-refractivity contribution < 1.29 is 19.1 Å². The van der Waals surface area contributed by atoms with E-state index in [2.05, 4.69) is 0 Å². The Morgan fingerprint density at radius 1 is 1.12 bits per heavy atom. The highest BCUT2D eigenvalue weighted by Gasteiger charge is 2.49. The molecule has 4 rings (SSSR count). The minimum Gasteiger partial charge on any atom is -0.420 e. The Morgan fingerprint density at radius 3 is 2.42 bits per heavy atom. The van der Waals surface area contributed by atoms with Gasteiger partial charge in [0.15, 0.2) is 5.75 Å². The molecule has 1 aliphatic heterocycles. The van der Waals surface area contributed by atoms with Gasteiger partial charge in [0.1, 0.15) is 4.88 Å². The predicted molar refractivity (Wildman–Crippen MR) is 98.7 cm³/mol. The summed E-state index contributed by atoms with van der Waals surface area (Å²) in [5, 5.41) is 2.14. The number of carbonyl (C=O) groups is 3. The van der Waals surface area contributed by atoms with Crippen LogP contribution < -0.4 is 9.64 Å². The molecule has 1 aliphatic carbocycles. The first-order valence-corrected chi connectivity index (χ1v) is 9.75. The molecule has 134 valence electrons. The lowest BCUT2D eigenvalue weighted by Crippen LogP contribution is -2.31. The third-order valence-electron chi connectivity index (χ3n) is 4.93. The Bertz CT molecular complexity index is 856. The SMILES string of the molecule is O=C(Oc1ccc(Cl)cc1N1C(=O)[C@H]2CCCC[C@@H]2C1=O)c1cccs1. The van der Waals surface area contributed by atoms with Gasteiger partial charge in [-0.15, -0.1) is 11.3 Å². The molecule has 2 aliphatic rings. The summed E-state index contributed by atoms with van der Waals surface area (Å²) in [5.41, 5.74) is 0.242. The third kappa shape index (κ3) is 2.93. The number of hydrogen-bond acceptors (Lipinski definition) is 5. The number of amides is 2. The van der Waals surface area contributed by atoms with Gasteiger partial charge < -0.3 is 4.74 Å². The summed E-state index contributed by atoms with van der Waals surface area (Å²) in [6.45, 7) is 0. The summed E-state index contributed by atoms with van der Waals surface area (Å²) in [5.74, 6) is -1.38. The fourth-order valence-electron chi connectivity index (χ4n) is 3.70. The van der Waals surface area contributed by atoms with Gasteiger partial charge in [-0.25, -0.2) is 9.69 Å². The topological polar surface area (TPSA) is 63.7 Å². The van der Waals surface area contributed by atoms with E-state index < -0.39 is 5.97 Å². The quantitative estimate of drug-likeness (QED) is 0.446. The molecular weight excluding hydrogens is 374 g/mol. The molecule has 0 radical (unpaired) electrons. The molecule has 2 heterocycles. The average Bonchev–Trinajstić information content (AvgIpc) is 3.25. The lowest BCUT2D eigenvalue weighted by atomic mass is 9.81. The maximum absolute atomic E-state index is 12.9. The number of carbonyl (C=O) groups excluding carboxylic acids is 3. The molecule has 1 saturated heterocycles. The van der Waals surface area contributed by atoms with Crippen LogP contribution in [0.5, 0.6) is 5.75 Å². The predicted octanol–water partition coefficient (Wildman–Crippen LogP) is 4.30. The fourth-order valence-corrected chi connectivity index (χ4v) is 4.46. The summed E-state index contributed by atoms with van der Waals surface area (Å²) >= 11 is 7.35. The molecule has 7 heteroatoms. The van der Waals surface area contributed by atoms with Crippen molar-refractivity contribution in [2.45, 2.75) is 25.7 Å². The number of nitrogens with zero attached hydrogens (tertiary/aromatic N) is 1. The van der Waals surface area contributed by atoms with E-state index in [0.717, 1.165) is 30.6 Å². The second-order valence-electron chi connectivity index (χ2n) is 6.49. The number of anilines is 1. The van der Waals surface area contributed by atoms with Crippen molar-refractivity contribution in [1.82, 2.24) is 0 Å². The number of halogens is 1. The normalized spacial score (nSPS) is 22.4. The summed E-state index contributed by atoms with van der Waals surface area (Å²) in [6.07, 6.45) is 3.33. The zero-order valence-electron chi connectivity index (χ0n) is 13.8. The van der Waals surface area contributed by atoms with E-state index in [1.165, 1.54) is 23.5 Å². The molecule has 0 unspecified atom stereocenters. The van der Waals surface area contributed by atoms with E-state index in [0.29, 0.717) is 9.90 Å². The van der Waals surface area contributed by atoms with Gasteiger partial charge in [-0.05, 0) is 42.5 Å². The van der Waals surface area contributed by atoms with Gasteiger partial charge in [-0.1, -0.05) is 30.5 Å². The average molecular weight is 390 g/mol. The van der Waals surface area contributed by atoms with Crippen LogP contribution in [-0.4, -0.2) is 17.8 Å². The van der Waals surface area contributed by atoms with Crippen molar-refractivity contribution in [3.05, 3.63) is 45.6 Å². The Morgan fingerprint density at radius 2 is 1.81 bits per heavy atom. The highest BCUT2D eigenvalue weighted by atomic mass is 35.5. The number of ether oxygens (including phenoxy) is 1. The Balaban J connectivity index is 1.69. The molecule has 2 amide bonds. The number of esters is 1. The second kappa shape index (κ2) is 6.85. The molecule has 2 fully saturated rings. The molecule has 1 aromatic heterocycles. The van der Waals surface area contributed by atoms with Crippen LogP contribution in [0, 0.1) is 11.8 Å². The minimum absolute atomic E-state index is 0.160. The largest absolute Gasteiger partial charge is 0.420 e. The third-order valence-corrected chi connectivity index (χ3v) is 6.01. The van der Waals surface area contributed by atoms with Crippen LogP contribution in [0.3, 0.4) is 0 Å². The maximum atomic E-state index is 12.9.